The Bertz CT molecular complexity index is 1360. The standard InChI is InChI=1S/C22H23N5O3S2/c1-26(2)32(29,30)17-8-9-19-18(14-17)25-20(27(19)3)10-11-21(28)24-16-6-4-15(5-7-16)22-23-12-13-31-22/h4-9,12-14H,10-11H2,1-3H3,(H,24,28). The zero-order valence-corrected chi connectivity index (χ0v) is 19.6. The molecule has 0 saturated heterocycles. The molecule has 0 radical (unpaired) electrons. The molecule has 2 aromatic heterocycles. The zero-order chi connectivity index (χ0) is 22.9. The molecule has 0 aliphatic heterocycles. The third kappa shape index (κ3) is 4.43. The Kier molecular flexibility index (Phi) is 6.09. The van der Waals surface area contributed by atoms with E-state index in [9.17, 15) is 13.2 Å². The minimum Gasteiger partial charge on any atom is -0.331 e. The number of rotatable bonds is 7. The van der Waals surface area contributed by atoms with E-state index in [1.165, 1.54) is 18.4 Å². The molecular formula is C22H23N5O3S2. The number of anilines is 1. The van der Waals surface area contributed by atoms with Crippen molar-refractivity contribution in [1.29, 1.82) is 0 Å². The number of hydrogen-bond donors (Lipinski definition) is 1. The molecule has 10 heteroatoms. The van der Waals surface area contributed by atoms with E-state index in [1.807, 2.05) is 41.3 Å². The highest BCUT2D eigenvalue weighted by molar-refractivity contribution is 7.89. The highest BCUT2D eigenvalue weighted by Gasteiger charge is 2.19. The lowest BCUT2D eigenvalue weighted by atomic mass is 10.2. The number of amides is 1. The topological polar surface area (TPSA) is 97.2 Å². The molecule has 0 bridgehead atoms. The van der Waals surface area contributed by atoms with Gasteiger partial charge in [0.1, 0.15) is 10.8 Å². The third-order valence-corrected chi connectivity index (χ3v) is 7.78. The Morgan fingerprint density at radius 3 is 2.56 bits per heavy atom. The summed E-state index contributed by atoms with van der Waals surface area (Å²) in [5, 5.41) is 5.76. The second-order valence-corrected chi connectivity index (χ2v) is 10.5. The summed E-state index contributed by atoms with van der Waals surface area (Å²) in [6, 6.07) is 12.5. The molecular weight excluding hydrogens is 446 g/mol. The van der Waals surface area contributed by atoms with Gasteiger partial charge in [-0.25, -0.2) is 22.7 Å². The quantitative estimate of drug-likeness (QED) is 0.447. The fraction of sp³-hybridized carbons (Fsp3) is 0.227. The molecule has 0 fully saturated rings. The molecule has 166 valence electrons. The number of nitrogens with zero attached hydrogens (tertiary/aromatic N) is 4. The van der Waals surface area contributed by atoms with Gasteiger partial charge in [-0.05, 0) is 42.5 Å². The van der Waals surface area contributed by atoms with Gasteiger partial charge >= 0.3 is 0 Å². The maximum absolute atomic E-state index is 12.4. The Morgan fingerprint density at radius 1 is 1.16 bits per heavy atom. The van der Waals surface area contributed by atoms with Crippen molar-refractivity contribution < 1.29 is 13.2 Å². The summed E-state index contributed by atoms with van der Waals surface area (Å²) >= 11 is 1.56. The van der Waals surface area contributed by atoms with Gasteiger partial charge in [0, 0.05) is 56.8 Å². The molecule has 2 aromatic carbocycles. The van der Waals surface area contributed by atoms with Gasteiger partial charge in [0.2, 0.25) is 15.9 Å². The number of thiazole rings is 1. The van der Waals surface area contributed by atoms with E-state index in [-0.39, 0.29) is 17.2 Å². The van der Waals surface area contributed by atoms with Crippen molar-refractivity contribution in [3.05, 3.63) is 59.9 Å². The zero-order valence-electron chi connectivity index (χ0n) is 17.9. The smallest absolute Gasteiger partial charge is 0.242 e. The molecule has 4 rings (SSSR count). The van der Waals surface area contributed by atoms with Crippen LogP contribution in [0.3, 0.4) is 0 Å². The van der Waals surface area contributed by atoms with Gasteiger partial charge in [-0.15, -0.1) is 11.3 Å². The lowest BCUT2D eigenvalue weighted by molar-refractivity contribution is -0.116. The van der Waals surface area contributed by atoms with Crippen molar-refractivity contribution in [2.75, 3.05) is 19.4 Å². The third-order valence-electron chi connectivity index (χ3n) is 5.15. The first-order chi connectivity index (χ1) is 15.3. The Balaban J connectivity index is 1.43. The summed E-state index contributed by atoms with van der Waals surface area (Å²) in [5.41, 5.74) is 3.13. The predicted molar refractivity (Wildman–Crippen MR) is 126 cm³/mol. The fourth-order valence-corrected chi connectivity index (χ4v) is 4.90. The van der Waals surface area contributed by atoms with E-state index in [2.05, 4.69) is 15.3 Å². The normalized spacial score (nSPS) is 11.9. The van der Waals surface area contributed by atoms with Gasteiger partial charge in [-0.1, -0.05) is 0 Å². The van der Waals surface area contributed by atoms with Crippen LogP contribution in [-0.2, 0) is 28.3 Å². The number of aromatic nitrogens is 3. The van der Waals surface area contributed by atoms with E-state index in [4.69, 9.17) is 0 Å². The van der Waals surface area contributed by atoms with Crippen LogP contribution in [0.15, 0.2) is 58.9 Å². The molecule has 0 saturated carbocycles. The summed E-state index contributed by atoms with van der Waals surface area (Å²) < 4.78 is 27.8. The number of sulfonamides is 1. The van der Waals surface area contributed by atoms with E-state index in [1.54, 1.807) is 35.7 Å². The van der Waals surface area contributed by atoms with Crippen LogP contribution in [0.1, 0.15) is 12.2 Å². The average Bonchev–Trinajstić information content (AvgIpc) is 3.41. The number of carbonyl (C=O) groups is 1. The van der Waals surface area contributed by atoms with E-state index in [0.29, 0.717) is 17.8 Å². The summed E-state index contributed by atoms with van der Waals surface area (Å²) in [6.07, 6.45) is 2.46. The van der Waals surface area contributed by atoms with Crippen LogP contribution in [0.4, 0.5) is 5.69 Å². The summed E-state index contributed by atoms with van der Waals surface area (Å²) in [7, 11) is 1.32. The average molecular weight is 470 g/mol. The lowest BCUT2D eigenvalue weighted by Gasteiger charge is -2.10. The Hall–Kier alpha value is -3.08. The number of carbonyl (C=O) groups excluding carboxylic acids is 1. The number of hydrogen-bond acceptors (Lipinski definition) is 6. The molecule has 1 N–H and O–H groups in total. The van der Waals surface area contributed by atoms with Gasteiger partial charge in [0.05, 0.1) is 15.9 Å². The molecule has 0 aliphatic carbocycles. The monoisotopic (exact) mass is 469 g/mol. The van der Waals surface area contributed by atoms with Crippen molar-refractivity contribution in [1.82, 2.24) is 18.8 Å². The first-order valence-corrected chi connectivity index (χ1v) is 12.3. The minimum atomic E-state index is -3.53. The van der Waals surface area contributed by atoms with Gasteiger partial charge in [-0.3, -0.25) is 4.79 Å². The first-order valence-electron chi connectivity index (χ1n) is 9.93. The fourth-order valence-electron chi connectivity index (χ4n) is 3.34. The van der Waals surface area contributed by atoms with Crippen molar-refractivity contribution in [2.45, 2.75) is 17.7 Å². The van der Waals surface area contributed by atoms with Crippen molar-refractivity contribution in [2.24, 2.45) is 7.05 Å². The molecule has 2 heterocycles. The number of benzene rings is 2. The van der Waals surface area contributed by atoms with Gasteiger partial charge < -0.3 is 9.88 Å². The summed E-state index contributed by atoms with van der Waals surface area (Å²) in [5.74, 6) is 0.601. The largest absolute Gasteiger partial charge is 0.331 e. The molecule has 0 spiro atoms. The number of fused-ring (bicyclic) bond motifs is 1. The second-order valence-electron chi connectivity index (χ2n) is 7.49. The molecule has 0 aliphatic rings. The Morgan fingerprint density at radius 2 is 1.91 bits per heavy atom. The predicted octanol–water partition coefficient (Wildman–Crippen LogP) is 3.52. The number of imidazole rings is 1. The second kappa shape index (κ2) is 8.81. The maximum atomic E-state index is 12.4. The Labute approximate surface area is 190 Å². The van der Waals surface area contributed by atoms with Gasteiger partial charge in [-0.2, -0.15) is 0 Å². The molecule has 0 atom stereocenters. The van der Waals surface area contributed by atoms with Crippen LogP contribution < -0.4 is 5.32 Å². The number of nitrogens with one attached hydrogen (secondary N) is 1. The van der Waals surface area contributed by atoms with Crippen LogP contribution >= 0.6 is 11.3 Å². The molecule has 4 aromatic rings. The van der Waals surface area contributed by atoms with Crippen LogP contribution in [0.2, 0.25) is 0 Å². The van der Waals surface area contributed by atoms with E-state index < -0.39 is 10.0 Å². The molecule has 32 heavy (non-hydrogen) atoms. The van der Waals surface area contributed by atoms with Gasteiger partial charge in [0.25, 0.3) is 0 Å². The SMILES string of the molecule is CN(C)S(=O)(=O)c1ccc2c(c1)nc(CCC(=O)Nc1ccc(-c3nccs3)cc1)n2C. The maximum Gasteiger partial charge on any atom is 0.242 e. The lowest BCUT2D eigenvalue weighted by Crippen LogP contribution is -2.22. The van der Waals surface area contributed by atoms with Crippen LogP contribution in [0.5, 0.6) is 0 Å². The molecule has 1 amide bonds. The van der Waals surface area contributed by atoms with Crippen LogP contribution in [-0.4, -0.2) is 47.3 Å². The van der Waals surface area contributed by atoms with E-state index >= 15 is 0 Å². The van der Waals surface area contributed by atoms with Crippen molar-refractivity contribution in [3.8, 4) is 10.6 Å². The molecule has 8 nitrogen and oxygen atoms in total. The highest BCUT2D eigenvalue weighted by Crippen LogP contribution is 2.24. The van der Waals surface area contributed by atoms with Gasteiger partial charge in [0.15, 0.2) is 0 Å². The first kappa shape index (κ1) is 22.1. The van der Waals surface area contributed by atoms with Crippen LogP contribution in [0.25, 0.3) is 21.6 Å². The highest BCUT2D eigenvalue weighted by atomic mass is 32.2. The molecule has 0 unspecified atom stereocenters. The minimum absolute atomic E-state index is 0.116. The van der Waals surface area contributed by atoms with Crippen molar-refractivity contribution in [3.63, 3.8) is 0 Å². The number of aryl methyl sites for hydroxylation is 2. The van der Waals surface area contributed by atoms with Crippen LogP contribution in [0, 0.1) is 0 Å². The van der Waals surface area contributed by atoms with E-state index in [0.717, 1.165) is 21.8 Å². The summed E-state index contributed by atoms with van der Waals surface area (Å²) in [6.45, 7) is 0. The van der Waals surface area contributed by atoms with Crippen molar-refractivity contribution >= 4 is 44.0 Å². The summed E-state index contributed by atoms with van der Waals surface area (Å²) in [4.78, 5) is 21.5.